The van der Waals surface area contributed by atoms with Gasteiger partial charge in [0.1, 0.15) is 5.76 Å². The molecule has 0 aliphatic carbocycles. The van der Waals surface area contributed by atoms with Gasteiger partial charge < -0.3 is 9.73 Å². The number of sulfonamides is 1. The van der Waals surface area contributed by atoms with E-state index in [1.807, 2.05) is 20.8 Å². The molecule has 0 radical (unpaired) electrons. The standard InChI is InChI=1S/C15H28N2O3S/c1-6-13(5)11-17(7-2)21(18,19)15-9-8-14(20-15)10-16-12(3)4/h8-9,12-13,16H,6-7,10-11H2,1-5H3. The zero-order chi connectivity index (χ0) is 16.0. The van der Waals surface area contributed by atoms with Gasteiger partial charge in [-0.05, 0) is 18.1 Å². The number of nitrogens with one attached hydrogen (secondary N) is 1. The molecule has 1 aromatic rings. The maximum absolute atomic E-state index is 12.6. The highest BCUT2D eigenvalue weighted by Crippen LogP contribution is 2.20. The van der Waals surface area contributed by atoms with E-state index in [1.165, 1.54) is 4.31 Å². The second kappa shape index (κ2) is 7.96. The molecule has 1 atom stereocenters. The van der Waals surface area contributed by atoms with Gasteiger partial charge in [-0.15, -0.1) is 0 Å². The first-order valence-electron chi connectivity index (χ1n) is 7.63. The summed E-state index contributed by atoms with van der Waals surface area (Å²) in [6.07, 6.45) is 0.952. The van der Waals surface area contributed by atoms with Crippen LogP contribution in [0.5, 0.6) is 0 Å². The van der Waals surface area contributed by atoms with Crippen LogP contribution in [0.2, 0.25) is 0 Å². The highest BCUT2D eigenvalue weighted by Gasteiger charge is 2.27. The summed E-state index contributed by atoms with van der Waals surface area (Å²) in [6, 6.07) is 3.60. The lowest BCUT2D eigenvalue weighted by atomic mass is 10.1. The molecule has 0 aliphatic heterocycles. The Morgan fingerprint density at radius 3 is 2.43 bits per heavy atom. The number of nitrogens with zero attached hydrogens (tertiary/aromatic N) is 1. The van der Waals surface area contributed by atoms with Crippen LogP contribution < -0.4 is 5.32 Å². The Hall–Kier alpha value is -0.850. The molecule has 0 saturated carbocycles. The summed E-state index contributed by atoms with van der Waals surface area (Å²) in [5.41, 5.74) is 0. The monoisotopic (exact) mass is 316 g/mol. The van der Waals surface area contributed by atoms with Crippen molar-refractivity contribution in [3.05, 3.63) is 17.9 Å². The van der Waals surface area contributed by atoms with Crippen LogP contribution in [-0.4, -0.2) is 31.9 Å². The molecule has 1 heterocycles. The average molecular weight is 316 g/mol. The third-order valence-electron chi connectivity index (χ3n) is 3.48. The second-order valence-corrected chi connectivity index (χ2v) is 7.59. The van der Waals surface area contributed by atoms with Crippen LogP contribution in [-0.2, 0) is 16.6 Å². The fraction of sp³-hybridized carbons (Fsp3) is 0.733. The molecule has 0 saturated heterocycles. The third-order valence-corrected chi connectivity index (χ3v) is 5.30. The van der Waals surface area contributed by atoms with Gasteiger partial charge in [0.25, 0.3) is 10.0 Å². The van der Waals surface area contributed by atoms with Crippen molar-refractivity contribution in [3.8, 4) is 0 Å². The molecule has 0 amide bonds. The minimum absolute atomic E-state index is 0.0354. The Kier molecular flexibility index (Phi) is 6.90. The Morgan fingerprint density at radius 1 is 1.24 bits per heavy atom. The SMILES string of the molecule is CCC(C)CN(CC)S(=O)(=O)c1ccc(CNC(C)C)o1. The summed E-state index contributed by atoms with van der Waals surface area (Å²) in [6.45, 7) is 11.5. The van der Waals surface area contributed by atoms with Crippen LogP contribution in [0, 0.1) is 5.92 Å². The summed E-state index contributed by atoms with van der Waals surface area (Å²) < 4.78 is 32.1. The van der Waals surface area contributed by atoms with Crippen LogP contribution in [0.1, 0.15) is 46.8 Å². The fourth-order valence-corrected chi connectivity index (χ4v) is 3.40. The van der Waals surface area contributed by atoms with Crippen LogP contribution in [0.15, 0.2) is 21.6 Å². The number of hydrogen-bond acceptors (Lipinski definition) is 4. The van der Waals surface area contributed by atoms with Crippen molar-refractivity contribution < 1.29 is 12.8 Å². The van der Waals surface area contributed by atoms with Crippen molar-refractivity contribution in [3.63, 3.8) is 0 Å². The molecule has 1 N–H and O–H groups in total. The second-order valence-electron chi connectivity index (χ2n) is 5.73. The van der Waals surface area contributed by atoms with Crippen molar-refractivity contribution >= 4 is 10.0 Å². The van der Waals surface area contributed by atoms with Gasteiger partial charge in [0, 0.05) is 19.1 Å². The molecule has 21 heavy (non-hydrogen) atoms. The van der Waals surface area contributed by atoms with Gasteiger partial charge in [0.15, 0.2) is 0 Å². The third kappa shape index (κ3) is 5.13. The number of rotatable bonds is 9. The fourth-order valence-electron chi connectivity index (χ4n) is 1.90. The van der Waals surface area contributed by atoms with Crippen molar-refractivity contribution in [2.24, 2.45) is 5.92 Å². The van der Waals surface area contributed by atoms with E-state index in [4.69, 9.17) is 4.42 Å². The minimum atomic E-state index is -3.54. The highest BCUT2D eigenvalue weighted by atomic mass is 32.2. The van der Waals surface area contributed by atoms with Crippen molar-refractivity contribution in [1.29, 1.82) is 0 Å². The van der Waals surface area contributed by atoms with E-state index in [2.05, 4.69) is 19.2 Å². The van der Waals surface area contributed by atoms with E-state index in [-0.39, 0.29) is 5.09 Å². The quantitative estimate of drug-likeness (QED) is 0.761. The first-order chi connectivity index (χ1) is 9.81. The van der Waals surface area contributed by atoms with E-state index in [9.17, 15) is 8.42 Å². The zero-order valence-corrected chi connectivity index (χ0v) is 14.5. The minimum Gasteiger partial charge on any atom is -0.447 e. The van der Waals surface area contributed by atoms with Gasteiger partial charge in [-0.1, -0.05) is 41.0 Å². The van der Waals surface area contributed by atoms with Crippen LogP contribution >= 0.6 is 0 Å². The molecule has 0 fully saturated rings. The molecule has 0 bridgehead atoms. The highest BCUT2D eigenvalue weighted by molar-refractivity contribution is 7.89. The zero-order valence-electron chi connectivity index (χ0n) is 13.7. The molecule has 0 spiro atoms. The van der Waals surface area contributed by atoms with E-state index in [0.29, 0.717) is 37.4 Å². The normalized spacial score (nSPS) is 14.0. The summed E-state index contributed by atoms with van der Waals surface area (Å²) in [4.78, 5) is 0. The van der Waals surface area contributed by atoms with Crippen LogP contribution in [0.25, 0.3) is 0 Å². The van der Waals surface area contributed by atoms with Gasteiger partial charge >= 0.3 is 0 Å². The Bertz CT molecular complexity index is 523. The predicted octanol–water partition coefficient (Wildman–Crippen LogP) is 2.83. The summed E-state index contributed by atoms with van der Waals surface area (Å²) >= 11 is 0. The Balaban J connectivity index is 2.85. The molecule has 122 valence electrons. The predicted molar refractivity (Wildman–Crippen MR) is 84.6 cm³/mol. The van der Waals surface area contributed by atoms with E-state index >= 15 is 0 Å². The van der Waals surface area contributed by atoms with E-state index in [0.717, 1.165) is 6.42 Å². The van der Waals surface area contributed by atoms with Crippen molar-refractivity contribution in [1.82, 2.24) is 9.62 Å². The Morgan fingerprint density at radius 2 is 1.90 bits per heavy atom. The number of hydrogen-bond donors (Lipinski definition) is 1. The smallest absolute Gasteiger partial charge is 0.276 e. The largest absolute Gasteiger partial charge is 0.447 e. The molecule has 0 aromatic carbocycles. The first-order valence-corrected chi connectivity index (χ1v) is 9.07. The first kappa shape index (κ1) is 18.2. The molecule has 1 rings (SSSR count). The molecular formula is C15H28N2O3S. The molecular weight excluding hydrogens is 288 g/mol. The summed E-state index contributed by atoms with van der Waals surface area (Å²) in [7, 11) is -3.54. The lowest BCUT2D eigenvalue weighted by Crippen LogP contribution is -2.34. The summed E-state index contributed by atoms with van der Waals surface area (Å²) in [5.74, 6) is 0.971. The molecule has 6 heteroatoms. The molecule has 1 aromatic heterocycles. The number of furan rings is 1. The topological polar surface area (TPSA) is 62.6 Å². The Labute approximate surface area is 128 Å². The van der Waals surface area contributed by atoms with Crippen molar-refractivity contribution in [2.45, 2.75) is 58.7 Å². The van der Waals surface area contributed by atoms with E-state index < -0.39 is 10.0 Å². The van der Waals surface area contributed by atoms with Crippen LogP contribution in [0.3, 0.4) is 0 Å². The van der Waals surface area contributed by atoms with Crippen molar-refractivity contribution in [2.75, 3.05) is 13.1 Å². The molecule has 0 aliphatic rings. The molecule has 1 unspecified atom stereocenters. The average Bonchev–Trinajstić information content (AvgIpc) is 2.91. The molecule has 5 nitrogen and oxygen atoms in total. The van der Waals surface area contributed by atoms with Gasteiger partial charge in [-0.25, -0.2) is 8.42 Å². The van der Waals surface area contributed by atoms with E-state index in [1.54, 1.807) is 12.1 Å². The lowest BCUT2D eigenvalue weighted by molar-refractivity contribution is 0.337. The lowest BCUT2D eigenvalue weighted by Gasteiger charge is -2.22. The van der Waals surface area contributed by atoms with Crippen LogP contribution in [0.4, 0.5) is 0 Å². The maximum atomic E-state index is 12.6. The summed E-state index contributed by atoms with van der Waals surface area (Å²) in [5, 5.41) is 3.24. The van der Waals surface area contributed by atoms with Gasteiger partial charge in [0.05, 0.1) is 6.54 Å². The van der Waals surface area contributed by atoms with Gasteiger partial charge in [-0.3, -0.25) is 0 Å². The van der Waals surface area contributed by atoms with Gasteiger partial charge in [-0.2, -0.15) is 4.31 Å². The van der Waals surface area contributed by atoms with Gasteiger partial charge in [0.2, 0.25) is 5.09 Å². The maximum Gasteiger partial charge on any atom is 0.276 e.